The van der Waals surface area contributed by atoms with E-state index in [9.17, 15) is 24.8 Å². The van der Waals surface area contributed by atoms with Crippen molar-refractivity contribution >= 4 is 23.1 Å². The van der Waals surface area contributed by atoms with Crippen LogP contribution in [0.3, 0.4) is 0 Å². The number of non-ortho nitro benzene ring substituents is 1. The first-order valence-electron chi connectivity index (χ1n) is 11.6. The third kappa shape index (κ3) is 6.05. The number of hydrogen-bond acceptors (Lipinski definition) is 7. The van der Waals surface area contributed by atoms with Gasteiger partial charge >= 0.3 is 0 Å². The highest BCUT2D eigenvalue weighted by Gasteiger charge is 2.46. The molecule has 0 radical (unpaired) electrons. The zero-order chi connectivity index (χ0) is 25.5. The molecule has 1 N–H and O–H groups in total. The molecule has 9 nitrogen and oxygen atoms in total. The first-order chi connectivity index (χ1) is 16.7. The fourth-order valence-electron chi connectivity index (χ4n) is 4.05. The van der Waals surface area contributed by atoms with Crippen LogP contribution in [0.4, 0.5) is 5.69 Å². The van der Waals surface area contributed by atoms with Gasteiger partial charge in [-0.05, 0) is 51.2 Å². The molecule has 9 heteroatoms. The lowest BCUT2D eigenvalue weighted by atomic mass is 9.95. The van der Waals surface area contributed by atoms with Gasteiger partial charge in [-0.25, -0.2) is 0 Å². The predicted molar refractivity (Wildman–Crippen MR) is 132 cm³/mol. The van der Waals surface area contributed by atoms with Gasteiger partial charge in [0.1, 0.15) is 11.5 Å². The summed E-state index contributed by atoms with van der Waals surface area (Å²) in [5.41, 5.74) is 0.472. The fourth-order valence-corrected chi connectivity index (χ4v) is 4.05. The van der Waals surface area contributed by atoms with Crippen LogP contribution in [-0.2, 0) is 9.59 Å². The summed E-state index contributed by atoms with van der Waals surface area (Å²) in [6.45, 7) is 3.51. The molecular weight excluding hydrogens is 450 g/mol. The molecule has 2 aromatic rings. The minimum absolute atomic E-state index is 0.0916. The Kier molecular flexibility index (Phi) is 8.59. The molecule has 0 aliphatic carbocycles. The number of rotatable bonds is 11. The Hall–Kier alpha value is -3.72. The monoisotopic (exact) mass is 481 g/mol. The lowest BCUT2D eigenvalue weighted by Gasteiger charge is -2.25. The van der Waals surface area contributed by atoms with Gasteiger partial charge in [0.05, 0.1) is 23.1 Å². The van der Waals surface area contributed by atoms with Gasteiger partial charge in [-0.3, -0.25) is 19.7 Å². The van der Waals surface area contributed by atoms with E-state index in [-0.39, 0.29) is 23.6 Å². The van der Waals surface area contributed by atoms with Gasteiger partial charge in [0.25, 0.3) is 17.4 Å². The van der Waals surface area contributed by atoms with Crippen molar-refractivity contribution in [3.8, 4) is 5.75 Å². The number of ether oxygens (including phenoxy) is 1. The summed E-state index contributed by atoms with van der Waals surface area (Å²) in [7, 11) is 3.81. The van der Waals surface area contributed by atoms with E-state index < -0.39 is 22.7 Å². The zero-order valence-corrected chi connectivity index (χ0v) is 20.3. The van der Waals surface area contributed by atoms with E-state index in [2.05, 4.69) is 6.92 Å². The maximum atomic E-state index is 13.1. The molecule has 0 aromatic heterocycles. The Balaban J connectivity index is 2.08. The SMILES string of the molecule is CCCCOc1cccc(/C(O)=C2\C(=O)C(=O)N(CCCN(C)C)C2c2cccc([N+](=O)[O-])c2)c1. The molecule has 1 aliphatic heterocycles. The summed E-state index contributed by atoms with van der Waals surface area (Å²) >= 11 is 0. The number of aliphatic hydroxyl groups is 1. The summed E-state index contributed by atoms with van der Waals surface area (Å²) in [6.07, 6.45) is 2.44. The van der Waals surface area contributed by atoms with E-state index >= 15 is 0 Å². The average Bonchev–Trinajstić information content (AvgIpc) is 3.09. The van der Waals surface area contributed by atoms with Crippen LogP contribution >= 0.6 is 0 Å². The highest BCUT2D eigenvalue weighted by Crippen LogP contribution is 2.40. The fraction of sp³-hybridized carbons (Fsp3) is 0.385. The molecule has 0 bridgehead atoms. The van der Waals surface area contributed by atoms with E-state index in [1.165, 1.54) is 23.1 Å². The van der Waals surface area contributed by atoms with Gasteiger partial charge in [-0.2, -0.15) is 0 Å². The van der Waals surface area contributed by atoms with Crippen LogP contribution in [-0.4, -0.2) is 65.3 Å². The van der Waals surface area contributed by atoms with Crippen molar-refractivity contribution in [2.45, 2.75) is 32.2 Å². The smallest absolute Gasteiger partial charge is 0.295 e. The van der Waals surface area contributed by atoms with Gasteiger partial charge < -0.3 is 19.6 Å². The standard InChI is InChI=1S/C26H31N3O6/c1-4-5-15-35-21-12-7-10-19(17-21)24(30)22-23(18-9-6-11-20(16-18)29(33)34)28(26(32)25(22)31)14-8-13-27(2)3/h6-7,9-12,16-17,23,30H,4-5,8,13-15H2,1-3H3/b24-22+. The van der Waals surface area contributed by atoms with Gasteiger partial charge in [-0.1, -0.05) is 37.6 Å². The molecule has 1 unspecified atom stereocenters. The van der Waals surface area contributed by atoms with Crippen LogP contribution in [0.15, 0.2) is 54.1 Å². The number of nitro benzene ring substituents is 1. The lowest BCUT2D eigenvalue weighted by Crippen LogP contribution is -2.32. The van der Waals surface area contributed by atoms with Crippen molar-refractivity contribution in [2.75, 3.05) is 33.8 Å². The van der Waals surface area contributed by atoms with Gasteiger partial charge in [-0.15, -0.1) is 0 Å². The highest BCUT2D eigenvalue weighted by molar-refractivity contribution is 6.46. The number of aliphatic hydroxyl groups excluding tert-OH is 1. The number of carbonyl (C=O) groups excluding carboxylic acids is 2. The van der Waals surface area contributed by atoms with E-state index in [0.717, 1.165) is 12.8 Å². The van der Waals surface area contributed by atoms with Crippen LogP contribution in [0.25, 0.3) is 5.76 Å². The zero-order valence-electron chi connectivity index (χ0n) is 20.3. The summed E-state index contributed by atoms with van der Waals surface area (Å²) in [5.74, 6) is -1.36. The number of ketones is 1. The Morgan fingerprint density at radius 1 is 1.14 bits per heavy atom. The van der Waals surface area contributed by atoms with Crippen molar-refractivity contribution in [1.29, 1.82) is 0 Å². The Morgan fingerprint density at radius 2 is 1.89 bits per heavy atom. The Labute approximate surface area is 204 Å². The molecule has 3 rings (SSSR count). The lowest BCUT2D eigenvalue weighted by molar-refractivity contribution is -0.384. The number of nitro groups is 1. The molecule has 2 aromatic carbocycles. The number of benzene rings is 2. The van der Waals surface area contributed by atoms with Crippen LogP contribution < -0.4 is 4.74 Å². The van der Waals surface area contributed by atoms with Crippen molar-refractivity contribution < 1.29 is 24.4 Å². The molecule has 186 valence electrons. The average molecular weight is 482 g/mol. The highest BCUT2D eigenvalue weighted by atomic mass is 16.6. The van der Waals surface area contributed by atoms with Gasteiger partial charge in [0.15, 0.2) is 0 Å². The van der Waals surface area contributed by atoms with E-state index in [0.29, 0.717) is 36.4 Å². The van der Waals surface area contributed by atoms with Crippen molar-refractivity contribution in [3.63, 3.8) is 0 Å². The first kappa shape index (κ1) is 25.9. The van der Waals surface area contributed by atoms with E-state index in [1.54, 1.807) is 30.3 Å². The number of nitrogens with zero attached hydrogens (tertiary/aromatic N) is 3. The topological polar surface area (TPSA) is 113 Å². The van der Waals surface area contributed by atoms with Gasteiger partial charge in [0, 0.05) is 24.2 Å². The van der Waals surface area contributed by atoms with Crippen LogP contribution in [0.1, 0.15) is 43.4 Å². The van der Waals surface area contributed by atoms with Crippen molar-refractivity contribution in [2.24, 2.45) is 0 Å². The van der Waals surface area contributed by atoms with E-state index in [1.807, 2.05) is 19.0 Å². The second-order valence-electron chi connectivity index (χ2n) is 8.73. The predicted octanol–water partition coefficient (Wildman–Crippen LogP) is 4.15. The minimum Gasteiger partial charge on any atom is -0.507 e. The Morgan fingerprint density at radius 3 is 2.57 bits per heavy atom. The largest absolute Gasteiger partial charge is 0.507 e. The van der Waals surface area contributed by atoms with Crippen molar-refractivity contribution in [3.05, 3.63) is 75.3 Å². The maximum absolute atomic E-state index is 13.1. The quantitative estimate of drug-likeness (QED) is 0.128. The number of unbranched alkanes of at least 4 members (excludes halogenated alkanes) is 1. The Bertz CT molecular complexity index is 1130. The van der Waals surface area contributed by atoms with Crippen LogP contribution in [0.5, 0.6) is 5.75 Å². The molecule has 0 spiro atoms. The number of amides is 1. The second-order valence-corrected chi connectivity index (χ2v) is 8.73. The number of likely N-dealkylation sites (tertiary alicyclic amines) is 1. The summed E-state index contributed by atoms with van der Waals surface area (Å²) < 4.78 is 5.72. The van der Waals surface area contributed by atoms with Crippen LogP contribution in [0.2, 0.25) is 0 Å². The molecular formula is C26H31N3O6. The third-order valence-electron chi connectivity index (χ3n) is 5.82. The molecule has 35 heavy (non-hydrogen) atoms. The summed E-state index contributed by atoms with van der Waals surface area (Å²) in [5, 5.41) is 22.6. The molecule has 0 saturated carbocycles. The number of carbonyl (C=O) groups is 2. The molecule has 1 heterocycles. The van der Waals surface area contributed by atoms with Gasteiger partial charge in [0.2, 0.25) is 0 Å². The number of Topliss-reactive ketones (excluding diaryl/α,β-unsaturated/α-hetero) is 1. The third-order valence-corrected chi connectivity index (χ3v) is 5.82. The number of hydrogen-bond donors (Lipinski definition) is 1. The second kappa shape index (κ2) is 11.6. The summed E-state index contributed by atoms with van der Waals surface area (Å²) in [4.78, 5) is 40.4. The minimum atomic E-state index is -0.943. The van der Waals surface area contributed by atoms with E-state index in [4.69, 9.17) is 4.74 Å². The molecule has 1 amide bonds. The molecule has 1 atom stereocenters. The maximum Gasteiger partial charge on any atom is 0.295 e. The normalized spacial score (nSPS) is 17.3. The van der Waals surface area contributed by atoms with Crippen molar-refractivity contribution in [1.82, 2.24) is 9.80 Å². The molecule has 1 saturated heterocycles. The summed E-state index contributed by atoms with van der Waals surface area (Å²) in [6, 6.07) is 11.6. The van der Waals surface area contributed by atoms with Crippen LogP contribution in [0, 0.1) is 10.1 Å². The molecule has 1 fully saturated rings. The first-order valence-corrected chi connectivity index (χ1v) is 11.6. The molecule has 1 aliphatic rings.